The van der Waals surface area contributed by atoms with Crippen LogP contribution in [-0.2, 0) is 0 Å². The summed E-state index contributed by atoms with van der Waals surface area (Å²) in [7, 11) is 0. The molecule has 0 aliphatic heterocycles. The third-order valence-electron chi connectivity index (χ3n) is 13.5. The molecule has 0 spiro atoms. The van der Waals surface area contributed by atoms with Crippen molar-refractivity contribution < 1.29 is 4.42 Å². The zero-order chi connectivity index (χ0) is 45.7. The molecule has 0 fully saturated rings. The Balaban J connectivity index is 0.961. The second-order valence-electron chi connectivity index (χ2n) is 17.6. The van der Waals surface area contributed by atoms with Crippen molar-refractivity contribution >= 4 is 70.5 Å². The van der Waals surface area contributed by atoms with Crippen molar-refractivity contribution in [1.82, 2.24) is 0 Å². The van der Waals surface area contributed by atoms with E-state index in [1.807, 2.05) is 11.3 Å². The molecule has 0 radical (unpaired) electrons. The van der Waals surface area contributed by atoms with Gasteiger partial charge in [0.25, 0.3) is 0 Å². The highest BCUT2D eigenvalue weighted by molar-refractivity contribution is 7.26. The van der Waals surface area contributed by atoms with Gasteiger partial charge in [0.1, 0.15) is 11.2 Å². The number of hydrogen-bond acceptors (Lipinski definition) is 3. The summed E-state index contributed by atoms with van der Waals surface area (Å²) in [5.74, 6) is 0. The number of anilines is 3. The molecule has 0 saturated heterocycles. The summed E-state index contributed by atoms with van der Waals surface area (Å²) in [5.41, 5.74) is 19.3. The van der Waals surface area contributed by atoms with Crippen molar-refractivity contribution in [2.45, 2.75) is 0 Å². The molecule has 0 saturated carbocycles. The van der Waals surface area contributed by atoms with Crippen LogP contribution in [0.4, 0.5) is 17.1 Å². The molecule has 0 amide bonds. The van der Waals surface area contributed by atoms with Crippen LogP contribution >= 0.6 is 11.3 Å². The lowest BCUT2D eigenvalue weighted by atomic mass is 9.93. The molecular weight excluding hydrogens is 855 g/mol. The first-order valence-electron chi connectivity index (χ1n) is 23.5. The molecule has 69 heavy (non-hydrogen) atoms. The van der Waals surface area contributed by atoms with E-state index < -0.39 is 0 Å². The van der Waals surface area contributed by atoms with Crippen LogP contribution in [0, 0.1) is 0 Å². The monoisotopic (exact) mass is 897 g/mol. The van der Waals surface area contributed by atoms with Crippen molar-refractivity contribution in [3.05, 3.63) is 261 Å². The zero-order valence-corrected chi connectivity index (χ0v) is 38.4. The Hall–Kier alpha value is -8.76. The fourth-order valence-electron chi connectivity index (χ4n) is 10.1. The summed E-state index contributed by atoms with van der Waals surface area (Å²) < 4.78 is 9.29. The van der Waals surface area contributed by atoms with Gasteiger partial charge in [-0.15, -0.1) is 11.3 Å². The van der Waals surface area contributed by atoms with E-state index in [4.69, 9.17) is 4.42 Å². The van der Waals surface area contributed by atoms with Gasteiger partial charge in [-0.2, -0.15) is 0 Å². The number of nitrogens with zero attached hydrogens (tertiary/aromatic N) is 1. The number of thiophene rings is 1. The Morgan fingerprint density at radius 2 is 0.710 bits per heavy atom. The Morgan fingerprint density at radius 3 is 1.32 bits per heavy atom. The first kappa shape index (κ1) is 40.5. The largest absolute Gasteiger partial charge is 0.456 e. The highest BCUT2D eigenvalue weighted by Gasteiger charge is 2.23. The van der Waals surface area contributed by atoms with Crippen molar-refractivity contribution in [3.8, 4) is 66.8 Å². The predicted molar refractivity (Wildman–Crippen MR) is 294 cm³/mol. The standard InChI is InChI=1S/C66H43NOS/c1-5-15-44(16-6-1)51-31-36-58-59-38-35-54(43-63(59)68-62(58)41-51)67(53-33-29-47(30-34-53)46-25-27-50(28-26-46)56-24-14-13-23-55(56)48-19-9-3-10-20-48)61-40-39-57(49-21-11-4-12-22-49)66-65(61)60-37-32-52(42-64(60)69-66)45-17-7-2-8-18-45/h1-43H. The molecule has 0 bridgehead atoms. The maximum Gasteiger partial charge on any atom is 0.137 e. The van der Waals surface area contributed by atoms with Gasteiger partial charge in [-0.05, 0) is 115 Å². The van der Waals surface area contributed by atoms with Gasteiger partial charge in [-0.1, -0.05) is 206 Å². The van der Waals surface area contributed by atoms with Gasteiger partial charge < -0.3 is 9.32 Å². The number of hydrogen-bond donors (Lipinski definition) is 0. The van der Waals surface area contributed by atoms with Crippen molar-refractivity contribution in [3.63, 3.8) is 0 Å². The minimum atomic E-state index is 0.850. The van der Waals surface area contributed by atoms with Crippen LogP contribution in [-0.4, -0.2) is 0 Å². The van der Waals surface area contributed by atoms with Crippen molar-refractivity contribution in [1.29, 1.82) is 0 Å². The first-order chi connectivity index (χ1) is 34.2. The van der Waals surface area contributed by atoms with E-state index in [-0.39, 0.29) is 0 Å². The molecule has 0 unspecified atom stereocenters. The van der Waals surface area contributed by atoms with E-state index in [0.717, 1.165) is 50.1 Å². The predicted octanol–water partition coefficient (Wildman–Crippen LogP) is 19.4. The van der Waals surface area contributed by atoms with Crippen LogP contribution < -0.4 is 4.90 Å². The topological polar surface area (TPSA) is 16.4 Å². The van der Waals surface area contributed by atoms with Gasteiger partial charge in [0.15, 0.2) is 0 Å². The maximum atomic E-state index is 6.78. The lowest BCUT2D eigenvalue weighted by molar-refractivity contribution is 0.669. The molecule has 0 N–H and O–H groups in total. The lowest BCUT2D eigenvalue weighted by Crippen LogP contribution is -2.10. The third-order valence-corrected chi connectivity index (χ3v) is 14.7. The van der Waals surface area contributed by atoms with Crippen molar-refractivity contribution in [2.75, 3.05) is 4.90 Å². The second kappa shape index (κ2) is 17.2. The molecule has 2 nitrogen and oxygen atoms in total. The average molecular weight is 898 g/mol. The highest BCUT2D eigenvalue weighted by atomic mass is 32.1. The van der Waals surface area contributed by atoms with Gasteiger partial charge in [-0.3, -0.25) is 0 Å². The van der Waals surface area contributed by atoms with E-state index in [2.05, 4.69) is 266 Å². The number of benzene rings is 11. The summed E-state index contributed by atoms with van der Waals surface area (Å²) in [6.07, 6.45) is 0. The average Bonchev–Trinajstić information content (AvgIpc) is 4.00. The molecule has 0 aliphatic rings. The van der Waals surface area contributed by atoms with E-state index in [9.17, 15) is 0 Å². The smallest absolute Gasteiger partial charge is 0.137 e. The molecule has 0 aliphatic carbocycles. The van der Waals surface area contributed by atoms with Gasteiger partial charge >= 0.3 is 0 Å². The van der Waals surface area contributed by atoms with Crippen LogP contribution in [0.5, 0.6) is 0 Å². The van der Waals surface area contributed by atoms with Gasteiger partial charge in [0.05, 0.1) is 5.69 Å². The zero-order valence-electron chi connectivity index (χ0n) is 37.6. The van der Waals surface area contributed by atoms with Crippen LogP contribution in [0.15, 0.2) is 265 Å². The van der Waals surface area contributed by atoms with Crippen LogP contribution in [0.25, 0.3) is 109 Å². The quantitative estimate of drug-likeness (QED) is 0.144. The van der Waals surface area contributed by atoms with Crippen LogP contribution in [0.3, 0.4) is 0 Å². The highest BCUT2D eigenvalue weighted by Crippen LogP contribution is 2.50. The molecule has 2 aromatic heterocycles. The van der Waals surface area contributed by atoms with Crippen LogP contribution in [0.2, 0.25) is 0 Å². The summed E-state index contributed by atoms with van der Waals surface area (Å²) in [5, 5.41) is 4.66. The molecule has 13 rings (SSSR count). The minimum Gasteiger partial charge on any atom is -0.456 e. The fraction of sp³-hybridized carbons (Fsp3) is 0. The fourth-order valence-corrected chi connectivity index (χ4v) is 11.4. The molecule has 2 heterocycles. The lowest BCUT2D eigenvalue weighted by Gasteiger charge is -2.27. The molecule has 0 atom stereocenters. The molecule has 11 aromatic carbocycles. The van der Waals surface area contributed by atoms with E-state index in [1.54, 1.807) is 0 Å². The normalized spacial score (nSPS) is 11.5. The van der Waals surface area contributed by atoms with Gasteiger partial charge in [-0.25, -0.2) is 0 Å². The molecule has 13 aromatic rings. The molecule has 324 valence electrons. The van der Waals surface area contributed by atoms with E-state index in [1.165, 1.54) is 75.8 Å². The van der Waals surface area contributed by atoms with E-state index >= 15 is 0 Å². The minimum absolute atomic E-state index is 0.850. The number of furan rings is 1. The van der Waals surface area contributed by atoms with E-state index in [0.29, 0.717) is 0 Å². The Kier molecular flexibility index (Phi) is 10.1. The summed E-state index contributed by atoms with van der Waals surface area (Å²) in [4.78, 5) is 2.42. The van der Waals surface area contributed by atoms with Gasteiger partial charge in [0, 0.05) is 48.4 Å². The Labute approximate surface area is 405 Å². The molecule has 3 heteroatoms. The van der Waals surface area contributed by atoms with Gasteiger partial charge in [0.2, 0.25) is 0 Å². The summed E-state index contributed by atoms with van der Waals surface area (Å²) in [6.45, 7) is 0. The number of fused-ring (bicyclic) bond motifs is 6. The second-order valence-corrected chi connectivity index (χ2v) is 18.7. The van der Waals surface area contributed by atoms with Crippen molar-refractivity contribution in [2.24, 2.45) is 0 Å². The maximum absolute atomic E-state index is 6.78. The Morgan fingerprint density at radius 1 is 0.290 bits per heavy atom. The Bertz CT molecular complexity index is 3970. The van der Waals surface area contributed by atoms with Crippen LogP contribution in [0.1, 0.15) is 0 Å². The molecular formula is C66H43NOS. The summed E-state index contributed by atoms with van der Waals surface area (Å²) in [6, 6.07) is 94.2. The first-order valence-corrected chi connectivity index (χ1v) is 24.3. The third kappa shape index (κ3) is 7.37. The number of rotatable bonds is 9. The SMILES string of the molecule is c1ccc(-c2ccc3c(c2)oc2cc(N(c4ccc(-c5ccc(-c6ccccc6-c6ccccc6)cc5)cc4)c4ccc(-c5ccccc5)c5sc6cc(-c7ccccc7)ccc6c45)ccc23)cc1. The summed E-state index contributed by atoms with van der Waals surface area (Å²) >= 11 is 1.87.